The summed E-state index contributed by atoms with van der Waals surface area (Å²) in [7, 11) is 0. The lowest BCUT2D eigenvalue weighted by Gasteiger charge is -2.45. The van der Waals surface area contributed by atoms with E-state index in [0.717, 1.165) is 19.3 Å². The van der Waals surface area contributed by atoms with Gasteiger partial charge in [0.05, 0.1) is 11.7 Å². The molecule has 0 bridgehead atoms. The van der Waals surface area contributed by atoms with E-state index in [1.54, 1.807) is 4.90 Å². The van der Waals surface area contributed by atoms with Crippen LogP contribution in [-0.2, 0) is 14.3 Å². The maximum absolute atomic E-state index is 12.7. The second-order valence-corrected chi connectivity index (χ2v) is 7.36. The molecule has 2 atom stereocenters. The average molecular weight is 296 g/mol. The zero-order valence-corrected chi connectivity index (χ0v) is 13.9. The van der Waals surface area contributed by atoms with E-state index in [1.807, 2.05) is 20.8 Å². The van der Waals surface area contributed by atoms with Crippen LogP contribution >= 0.6 is 0 Å². The van der Waals surface area contributed by atoms with E-state index in [4.69, 9.17) is 4.74 Å². The predicted octanol–water partition coefficient (Wildman–Crippen LogP) is 1.85. The number of piperazine rings is 1. The highest BCUT2D eigenvalue weighted by molar-refractivity contribution is 5.99. The molecule has 0 aliphatic carbocycles. The second kappa shape index (κ2) is 5.59. The van der Waals surface area contributed by atoms with Gasteiger partial charge < -0.3 is 15.0 Å². The molecule has 0 aromatic rings. The molecule has 0 aromatic heterocycles. The first kappa shape index (κ1) is 16.3. The van der Waals surface area contributed by atoms with Crippen molar-refractivity contribution in [1.82, 2.24) is 10.2 Å². The lowest BCUT2D eigenvalue weighted by atomic mass is 9.93. The number of rotatable bonds is 4. The quantitative estimate of drug-likeness (QED) is 0.861. The van der Waals surface area contributed by atoms with E-state index in [9.17, 15) is 9.59 Å². The fourth-order valence-electron chi connectivity index (χ4n) is 3.20. The number of carbonyl (C=O) groups is 2. The van der Waals surface area contributed by atoms with Crippen LogP contribution in [0.1, 0.15) is 60.3 Å². The first-order valence-electron chi connectivity index (χ1n) is 7.97. The number of ether oxygens (including phenoxy) is 1. The molecule has 0 saturated carbocycles. The molecule has 5 heteroatoms. The highest BCUT2D eigenvalue weighted by Gasteiger charge is 2.47. The Morgan fingerprint density at radius 2 is 1.95 bits per heavy atom. The molecule has 0 radical (unpaired) electrons. The number of hydrogen-bond donors (Lipinski definition) is 1. The molecule has 120 valence electrons. The van der Waals surface area contributed by atoms with E-state index in [0.29, 0.717) is 13.0 Å². The Kier molecular flexibility index (Phi) is 4.34. The average Bonchev–Trinajstić information content (AvgIpc) is 2.72. The first-order chi connectivity index (χ1) is 9.67. The molecule has 0 spiro atoms. The Morgan fingerprint density at radius 3 is 2.48 bits per heavy atom. The Balaban J connectivity index is 2.13. The first-order valence-corrected chi connectivity index (χ1v) is 7.97. The van der Waals surface area contributed by atoms with Crippen LogP contribution in [0.15, 0.2) is 0 Å². The normalized spacial score (nSPS) is 31.4. The number of carbonyl (C=O) groups excluding carboxylic acids is 2. The molecule has 2 amide bonds. The van der Waals surface area contributed by atoms with Crippen molar-refractivity contribution in [2.24, 2.45) is 0 Å². The topological polar surface area (TPSA) is 58.6 Å². The number of amides is 2. The van der Waals surface area contributed by atoms with Gasteiger partial charge in [-0.05, 0) is 47.0 Å². The van der Waals surface area contributed by atoms with Gasteiger partial charge in [0.25, 0.3) is 0 Å². The third-order valence-electron chi connectivity index (χ3n) is 4.62. The molecule has 0 aromatic carbocycles. The van der Waals surface area contributed by atoms with E-state index in [2.05, 4.69) is 19.2 Å². The highest BCUT2D eigenvalue weighted by atomic mass is 16.5. The van der Waals surface area contributed by atoms with Crippen LogP contribution in [0.2, 0.25) is 0 Å². The van der Waals surface area contributed by atoms with Gasteiger partial charge in [0.2, 0.25) is 11.8 Å². The van der Waals surface area contributed by atoms with Gasteiger partial charge in [-0.2, -0.15) is 0 Å². The van der Waals surface area contributed by atoms with Gasteiger partial charge in [-0.15, -0.1) is 0 Å². The van der Waals surface area contributed by atoms with Crippen LogP contribution in [0.4, 0.5) is 0 Å². The summed E-state index contributed by atoms with van der Waals surface area (Å²) < 4.78 is 6.00. The maximum Gasteiger partial charge on any atom is 0.246 e. The van der Waals surface area contributed by atoms with E-state index >= 15 is 0 Å². The second-order valence-electron chi connectivity index (χ2n) is 7.36. The summed E-state index contributed by atoms with van der Waals surface area (Å²) in [6.45, 7) is 10.3. The molecule has 2 rings (SSSR count). The third-order valence-corrected chi connectivity index (χ3v) is 4.62. The summed E-state index contributed by atoms with van der Waals surface area (Å²) in [5.74, 6) is -0.0486. The smallest absolute Gasteiger partial charge is 0.246 e. The monoisotopic (exact) mass is 296 g/mol. The zero-order chi connectivity index (χ0) is 15.8. The molecule has 21 heavy (non-hydrogen) atoms. The van der Waals surface area contributed by atoms with Crippen molar-refractivity contribution >= 4 is 11.8 Å². The molecule has 2 saturated heterocycles. The molecule has 2 unspecified atom stereocenters. The van der Waals surface area contributed by atoms with Crippen LogP contribution in [-0.4, -0.2) is 46.5 Å². The molecule has 5 nitrogen and oxygen atoms in total. The minimum atomic E-state index is -0.808. The van der Waals surface area contributed by atoms with Crippen molar-refractivity contribution in [3.05, 3.63) is 0 Å². The van der Waals surface area contributed by atoms with Gasteiger partial charge >= 0.3 is 0 Å². The Hall–Kier alpha value is -1.10. The van der Waals surface area contributed by atoms with E-state index in [-0.39, 0.29) is 29.6 Å². The van der Waals surface area contributed by atoms with Crippen LogP contribution < -0.4 is 5.32 Å². The number of nitrogens with zero attached hydrogens (tertiary/aromatic N) is 1. The Morgan fingerprint density at radius 1 is 1.29 bits per heavy atom. The van der Waals surface area contributed by atoms with Crippen molar-refractivity contribution in [2.75, 3.05) is 6.54 Å². The number of hydrogen-bond acceptors (Lipinski definition) is 3. The Bertz CT molecular complexity index is 431. The fraction of sp³-hybridized carbons (Fsp3) is 0.875. The number of nitrogens with one attached hydrogen (secondary N) is 1. The predicted molar refractivity (Wildman–Crippen MR) is 80.8 cm³/mol. The maximum atomic E-state index is 12.7. The summed E-state index contributed by atoms with van der Waals surface area (Å²) in [6.07, 6.45) is 3.51. The van der Waals surface area contributed by atoms with Crippen LogP contribution in [0.25, 0.3) is 0 Å². The van der Waals surface area contributed by atoms with Gasteiger partial charge in [-0.25, -0.2) is 0 Å². The Labute approximate surface area is 127 Å². The van der Waals surface area contributed by atoms with Crippen molar-refractivity contribution in [1.29, 1.82) is 0 Å². The van der Waals surface area contributed by atoms with Crippen LogP contribution in [0.5, 0.6) is 0 Å². The summed E-state index contributed by atoms with van der Waals surface area (Å²) >= 11 is 0. The summed E-state index contributed by atoms with van der Waals surface area (Å²) in [4.78, 5) is 26.7. The van der Waals surface area contributed by atoms with Crippen LogP contribution in [0, 0.1) is 0 Å². The standard InChI is InChI=1S/C16H28N2O3/c1-6-7-12-13(19)18(16(4,5)14(20)17-12)10-11-8-9-15(2,3)21-11/h11-12H,6-10H2,1-5H3,(H,17,20). The van der Waals surface area contributed by atoms with E-state index < -0.39 is 5.54 Å². The van der Waals surface area contributed by atoms with E-state index in [1.165, 1.54) is 0 Å². The molecular weight excluding hydrogens is 268 g/mol. The molecule has 2 aliphatic heterocycles. The molecular formula is C16H28N2O3. The van der Waals surface area contributed by atoms with Gasteiger partial charge in [-0.1, -0.05) is 13.3 Å². The molecule has 2 fully saturated rings. The molecule has 2 heterocycles. The minimum absolute atomic E-state index is 0.0229. The van der Waals surface area contributed by atoms with Gasteiger partial charge in [0.1, 0.15) is 11.6 Å². The summed E-state index contributed by atoms with van der Waals surface area (Å²) in [6, 6.07) is -0.384. The zero-order valence-electron chi connectivity index (χ0n) is 13.9. The SMILES string of the molecule is CCCC1NC(=O)C(C)(C)N(CC2CCC(C)(C)O2)C1=O. The van der Waals surface area contributed by atoms with Crippen molar-refractivity contribution in [3.63, 3.8) is 0 Å². The lowest BCUT2D eigenvalue weighted by molar-refractivity contribution is -0.158. The summed E-state index contributed by atoms with van der Waals surface area (Å²) in [5.41, 5.74) is -0.934. The lowest BCUT2D eigenvalue weighted by Crippen LogP contribution is -2.69. The third kappa shape index (κ3) is 3.23. The van der Waals surface area contributed by atoms with Crippen molar-refractivity contribution in [2.45, 2.75) is 83.6 Å². The van der Waals surface area contributed by atoms with Crippen molar-refractivity contribution < 1.29 is 14.3 Å². The largest absolute Gasteiger partial charge is 0.371 e. The molecule has 1 N–H and O–H groups in total. The fourth-order valence-corrected chi connectivity index (χ4v) is 3.20. The van der Waals surface area contributed by atoms with Gasteiger partial charge in [-0.3, -0.25) is 9.59 Å². The summed E-state index contributed by atoms with van der Waals surface area (Å²) in [5, 5.41) is 2.86. The van der Waals surface area contributed by atoms with Crippen LogP contribution in [0.3, 0.4) is 0 Å². The van der Waals surface area contributed by atoms with Gasteiger partial charge in [0, 0.05) is 6.54 Å². The highest BCUT2D eigenvalue weighted by Crippen LogP contribution is 2.32. The van der Waals surface area contributed by atoms with Gasteiger partial charge in [0.15, 0.2) is 0 Å². The molecule has 2 aliphatic rings. The minimum Gasteiger partial charge on any atom is -0.371 e. The van der Waals surface area contributed by atoms with Crippen molar-refractivity contribution in [3.8, 4) is 0 Å².